The molecule has 1 N–H and O–H groups in total. The van der Waals surface area contributed by atoms with Crippen LogP contribution in [0.15, 0.2) is 71.6 Å². The zero-order valence-corrected chi connectivity index (χ0v) is 20.1. The molecule has 0 aliphatic carbocycles. The molecule has 9 heteroatoms. The van der Waals surface area contributed by atoms with Crippen LogP contribution in [0.25, 0.3) is 0 Å². The first-order valence-electron chi connectivity index (χ1n) is 10.1. The SMILES string of the molecule is COc1cc(NC(=O)CN(Cc2ccc(C)cc2)S(=O)(=O)c2ccccc2)c(OC)cc1Cl. The summed E-state index contributed by atoms with van der Waals surface area (Å²) in [6.07, 6.45) is 0. The number of ether oxygens (including phenoxy) is 2. The van der Waals surface area contributed by atoms with E-state index in [-0.39, 0.29) is 11.4 Å². The van der Waals surface area contributed by atoms with Crippen LogP contribution in [0.3, 0.4) is 0 Å². The summed E-state index contributed by atoms with van der Waals surface area (Å²) in [7, 11) is -1.04. The minimum atomic E-state index is -3.94. The second-order valence-corrected chi connectivity index (χ2v) is 9.65. The Morgan fingerprint density at radius 1 is 0.970 bits per heavy atom. The van der Waals surface area contributed by atoms with Crippen LogP contribution < -0.4 is 14.8 Å². The Labute approximate surface area is 198 Å². The van der Waals surface area contributed by atoms with Crippen LogP contribution in [-0.4, -0.2) is 39.4 Å². The molecule has 174 valence electrons. The van der Waals surface area contributed by atoms with Crippen molar-refractivity contribution < 1.29 is 22.7 Å². The number of carbonyl (C=O) groups is 1. The maximum Gasteiger partial charge on any atom is 0.243 e. The van der Waals surface area contributed by atoms with E-state index in [2.05, 4.69) is 5.32 Å². The van der Waals surface area contributed by atoms with Gasteiger partial charge in [0, 0.05) is 18.7 Å². The van der Waals surface area contributed by atoms with Gasteiger partial charge in [-0.2, -0.15) is 4.31 Å². The molecule has 0 fully saturated rings. The summed E-state index contributed by atoms with van der Waals surface area (Å²) in [5.41, 5.74) is 2.13. The monoisotopic (exact) mass is 488 g/mol. The number of hydrogen-bond acceptors (Lipinski definition) is 5. The first kappa shape index (κ1) is 24.6. The number of benzene rings is 3. The fourth-order valence-corrected chi connectivity index (χ4v) is 4.81. The third-order valence-electron chi connectivity index (χ3n) is 4.93. The first-order chi connectivity index (χ1) is 15.7. The summed E-state index contributed by atoms with van der Waals surface area (Å²) < 4.78 is 38.3. The highest BCUT2D eigenvalue weighted by molar-refractivity contribution is 7.89. The van der Waals surface area contributed by atoms with Crippen LogP contribution in [-0.2, 0) is 21.4 Å². The summed E-state index contributed by atoms with van der Waals surface area (Å²) in [6.45, 7) is 1.58. The fraction of sp³-hybridized carbons (Fsp3) is 0.208. The Morgan fingerprint density at radius 2 is 1.61 bits per heavy atom. The molecule has 0 atom stereocenters. The maximum absolute atomic E-state index is 13.3. The lowest BCUT2D eigenvalue weighted by Crippen LogP contribution is -2.37. The number of methoxy groups -OCH3 is 2. The van der Waals surface area contributed by atoms with Gasteiger partial charge in [-0.1, -0.05) is 59.6 Å². The van der Waals surface area contributed by atoms with Gasteiger partial charge >= 0.3 is 0 Å². The highest BCUT2D eigenvalue weighted by Crippen LogP contribution is 2.36. The van der Waals surface area contributed by atoms with Crippen molar-refractivity contribution in [1.82, 2.24) is 4.31 Å². The Kier molecular flexibility index (Phi) is 7.97. The number of rotatable bonds is 9. The lowest BCUT2D eigenvalue weighted by Gasteiger charge is -2.22. The average Bonchev–Trinajstić information content (AvgIpc) is 2.81. The number of anilines is 1. The van der Waals surface area contributed by atoms with Crippen molar-refractivity contribution in [2.75, 3.05) is 26.1 Å². The molecule has 3 aromatic carbocycles. The molecule has 3 rings (SSSR count). The molecule has 0 saturated heterocycles. The van der Waals surface area contributed by atoms with Crippen molar-refractivity contribution in [3.63, 3.8) is 0 Å². The Balaban J connectivity index is 1.90. The fourth-order valence-electron chi connectivity index (χ4n) is 3.17. The molecule has 0 spiro atoms. The van der Waals surface area contributed by atoms with Crippen molar-refractivity contribution in [3.05, 3.63) is 82.9 Å². The third-order valence-corrected chi connectivity index (χ3v) is 7.03. The van der Waals surface area contributed by atoms with Gasteiger partial charge in [0.1, 0.15) is 11.5 Å². The van der Waals surface area contributed by atoms with E-state index in [1.165, 1.54) is 38.5 Å². The number of amides is 1. The van der Waals surface area contributed by atoms with Crippen LogP contribution in [0.5, 0.6) is 11.5 Å². The highest BCUT2D eigenvalue weighted by atomic mass is 35.5. The van der Waals surface area contributed by atoms with Gasteiger partial charge in [0.05, 0.1) is 36.4 Å². The van der Waals surface area contributed by atoms with Crippen molar-refractivity contribution in [2.24, 2.45) is 0 Å². The third kappa shape index (κ3) is 6.04. The molecule has 0 saturated carbocycles. The minimum Gasteiger partial charge on any atom is -0.495 e. The molecular formula is C24H25ClN2O5S. The van der Waals surface area contributed by atoms with E-state index >= 15 is 0 Å². The Morgan fingerprint density at radius 3 is 2.21 bits per heavy atom. The molecule has 0 aliphatic rings. The normalized spacial score (nSPS) is 11.3. The number of carbonyl (C=O) groups excluding carboxylic acids is 1. The largest absolute Gasteiger partial charge is 0.495 e. The van der Waals surface area contributed by atoms with E-state index in [1.54, 1.807) is 18.2 Å². The van der Waals surface area contributed by atoms with E-state index in [0.29, 0.717) is 22.2 Å². The zero-order valence-electron chi connectivity index (χ0n) is 18.5. The lowest BCUT2D eigenvalue weighted by molar-refractivity contribution is -0.116. The summed E-state index contributed by atoms with van der Waals surface area (Å²) in [5, 5.41) is 3.02. The summed E-state index contributed by atoms with van der Waals surface area (Å²) in [5.74, 6) is 0.135. The molecule has 33 heavy (non-hydrogen) atoms. The van der Waals surface area contributed by atoms with Gasteiger partial charge in [-0.05, 0) is 24.6 Å². The van der Waals surface area contributed by atoms with Crippen LogP contribution in [0.4, 0.5) is 5.69 Å². The van der Waals surface area contributed by atoms with E-state index < -0.39 is 22.5 Å². The van der Waals surface area contributed by atoms with Crippen molar-refractivity contribution in [3.8, 4) is 11.5 Å². The number of nitrogens with zero attached hydrogens (tertiary/aromatic N) is 1. The Bertz CT molecular complexity index is 1220. The standard InChI is InChI=1S/C24H25ClN2O5S/c1-17-9-11-18(12-10-17)15-27(33(29,30)19-7-5-4-6-8-19)16-24(28)26-21-14-22(31-2)20(25)13-23(21)32-3/h4-14H,15-16H2,1-3H3,(H,26,28). The second-order valence-electron chi connectivity index (χ2n) is 7.31. The van der Waals surface area contributed by atoms with Gasteiger partial charge in [0.15, 0.2) is 0 Å². The van der Waals surface area contributed by atoms with Gasteiger partial charge in [-0.3, -0.25) is 4.79 Å². The topological polar surface area (TPSA) is 84.9 Å². The van der Waals surface area contributed by atoms with E-state index in [4.69, 9.17) is 21.1 Å². The maximum atomic E-state index is 13.3. The van der Waals surface area contributed by atoms with Gasteiger partial charge in [0.2, 0.25) is 15.9 Å². The summed E-state index contributed by atoms with van der Waals surface area (Å²) >= 11 is 6.12. The highest BCUT2D eigenvalue weighted by Gasteiger charge is 2.27. The van der Waals surface area contributed by atoms with E-state index in [9.17, 15) is 13.2 Å². The summed E-state index contributed by atoms with van der Waals surface area (Å²) in [6, 6.07) is 18.5. The minimum absolute atomic E-state index is 0.0337. The van der Waals surface area contributed by atoms with Gasteiger partial charge < -0.3 is 14.8 Å². The molecule has 0 aromatic heterocycles. The molecule has 0 heterocycles. The molecule has 0 unspecified atom stereocenters. The lowest BCUT2D eigenvalue weighted by atomic mass is 10.1. The second kappa shape index (κ2) is 10.7. The summed E-state index contributed by atoms with van der Waals surface area (Å²) in [4.78, 5) is 13.1. The molecule has 3 aromatic rings. The van der Waals surface area contributed by atoms with Crippen LogP contribution in [0.2, 0.25) is 5.02 Å². The van der Waals surface area contributed by atoms with Crippen LogP contribution in [0.1, 0.15) is 11.1 Å². The Hall–Kier alpha value is -3.07. The van der Waals surface area contributed by atoms with Gasteiger partial charge in [-0.15, -0.1) is 0 Å². The predicted molar refractivity (Wildman–Crippen MR) is 128 cm³/mol. The zero-order chi connectivity index (χ0) is 24.0. The molecule has 0 bridgehead atoms. The molecule has 7 nitrogen and oxygen atoms in total. The number of halogens is 1. The number of aryl methyl sites for hydroxylation is 1. The van der Waals surface area contributed by atoms with E-state index in [0.717, 1.165) is 15.4 Å². The molecule has 1 amide bonds. The number of sulfonamides is 1. The van der Waals surface area contributed by atoms with Crippen molar-refractivity contribution >= 4 is 33.2 Å². The first-order valence-corrected chi connectivity index (χ1v) is 11.9. The van der Waals surface area contributed by atoms with E-state index in [1.807, 2.05) is 31.2 Å². The van der Waals surface area contributed by atoms with Gasteiger partial charge in [0.25, 0.3) is 0 Å². The molecule has 0 aliphatic heterocycles. The van der Waals surface area contributed by atoms with Gasteiger partial charge in [-0.25, -0.2) is 8.42 Å². The number of hydrogen-bond donors (Lipinski definition) is 1. The average molecular weight is 489 g/mol. The predicted octanol–water partition coefficient (Wildman–Crippen LogP) is 4.50. The van der Waals surface area contributed by atoms with Crippen LogP contribution in [0, 0.1) is 6.92 Å². The number of nitrogens with one attached hydrogen (secondary N) is 1. The quantitative estimate of drug-likeness (QED) is 0.479. The molecule has 0 radical (unpaired) electrons. The smallest absolute Gasteiger partial charge is 0.243 e. The van der Waals surface area contributed by atoms with Crippen molar-refractivity contribution in [1.29, 1.82) is 0 Å². The van der Waals surface area contributed by atoms with Crippen LogP contribution >= 0.6 is 11.6 Å². The molecular weight excluding hydrogens is 464 g/mol. The van der Waals surface area contributed by atoms with Crippen molar-refractivity contribution in [2.45, 2.75) is 18.4 Å².